The molecule has 0 saturated carbocycles. The Bertz CT molecular complexity index is 667. The minimum Gasteiger partial charge on any atom is -0.339 e. The first-order valence-corrected chi connectivity index (χ1v) is 6.36. The van der Waals surface area contributed by atoms with Gasteiger partial charge >= 0.3 is 0 Å². The van der Waals surface area contributed by atoms with Crippen LogP contribution in [0.25, 0.3) is 11.4 Å². The van der Waals surface area contributed by atoms with Gasteiger partial charge in [-0.2, -0.15) is 4.98 Å². The molecule has 0 aliphatic heterocycles. The van der Waals surface area contributed by atoms with E-state index in [9.17, 15) is 0 Å². The molecule has 0 unspecified atom stereocenters. The summed E-state index contributed by atoms with van der Waals surface area (Å²) >= 11 is 0. The zero-order chi connectivity index (χ0) is 13.8. The summed E-state index contributed by atoms with van der Waals surface area (Å²) < 4.78 is 5.25. The van der Waals surface area contributed by atoms with Gasteiger partial charge < -0.3 is 10.3 Å². The van der Waals surface area contributed by atoms with Crippen molar-refractivity contribution in [2.24, 2.45) is 5.73 Å². The Morgan fingerprint density at radius 3 is 2.55 bits per heavy atom. The molecule has 2 N–H and O–H groups in total. The first kappa shape index (κ1) is 12.5. The van der Waals surface area contributed by atoms with Crippen molar-refractivity contribution in [2.75, 3.05) is 0 Å². The van der Waals surface area contributed by atoms with Crippen LogP contribution in [0.5, 0.6) is 0 Å². The largest absolute Gasteiger partial charge is 0.339 e. The van der Waals surface area contributed by atoms with E-state index < -0.39 is 0 Å². The number of pyridine rings is 1. The van der Waals surface area contributed by atoms with Crippen LogP contribution < -0.4 is 5.73 Å². The molecule has 3 aromatic rings. The first-order chi connectivity index (χ1) is 9.83. The van der Waals surface area contributed by atoms with Crippen molar-refractivity contribution >= 4 is 0 Å². The van der Waals surface area contributed by atoms with Crippen molar-refractivity contribution < 1.29 is 4.52 Å². The summed E-state index contributed by atoms with van der Waals surface area (Å²) in [6, 6.07) is 13.4. The third kappa shape index (κ3) is 2.73. The van der Waals surface area contributed by atoms with Crippen LogP contribution in [0.1, 0.15) is 17.5 Å². The summed E-state index contributed by atoms with van der Waals surface area (Å²) in [6.07, 6.45) is 3.91. The topological polar surface area (TPSA) is 77.8 Å². The average molecular weight is 266 g/mol. The molecule has 0 spiro atoms. The number of hydrogen-bond donors (Lipinski definition) is 1. The molecule has 5 nitrogen and oxygen atoms in total. The van der Waals surface area contributed by atoms with Crippen LogP contribution in [0.15, 0.2) is 59.4 Å². The predicted molar refractivity (Wildman–Crippen MR) is 74.6 cm³/mol. The highest BCUT2D eigenvalue weighted by Gasteiger charge is 2.13. The SMILES string of the molecule is N[C@H](Cc1nc(-c2ccncc2)no1)c1ccccc1. The van der Waals surface area contributed by atoms with E-state index in [1.54, 1.807) is 12.4 Å². The number of benzene rings is 1. The second-order valence-corrected chi connectivity index (χ2v) is 4.47. The molecule has 0 aliphatic carbocycles. The normalized spacial score (nSPS) is 12.2. The molecule has 2 aromatic heterocycles. The van der Waals surface area contributed by atoms with Crippen molar-refractivity contribution in [2.45, 2.75) is 12.5 Å². The lowest BCUT2D eigenvalue weighted by atomic mass is 10.1. The zero-order valence-corrected chi connectivity index (χ0v) is 10.8. The van der Waals surface area contributed by atoms with Crippen LogP contribution >= 0.6 is 0 Å². The van der Waals surface area contributed by atoms with Crippen LogP contribution in [0, 0.1) is 0 Å². The van der Waals surface area contributed by atoms with Gasteiger partial charge in [0, 0.05) is 30.4 Å². The fourth-order valence-corrected chi connectivity index (χ4v) is 1.96. The number of aromatic nitrogens is 3. The summed E-state index contributed by atoms with van der Waals surface area (Å²) in [5, 5.41) is 3.96. The molecule has 0 saturated heterocycles. The Kier molecular flexibility index (Phi) is 3.52. The van der Waals surface area contributed by atoms with E-state index in [2.05, 4.69) is 15.1 Å². The highest BCUT2D eigenvalue weighted by atomic mass is 16.5. The molecule has 0 radical (unpaired) electrons. The molecule has 20 heavy (non-hydrogen) atoms. The van der Waals surface area contributed by atoms with Crippen LogP contribution in [0.2, 0.25) is 0 Å². The van der Waals surface area contributed by atoms with Crippen LogP contribution in [-0.4, -0.2) is 15.1 Å². The van der Waals surface area contributed by atoms with Crippen molar-refractivity contribution in [3.05, 3.63) is 66.3 Å². The van der Waals surface area contributed by atoms with E-state index >= 15 is 0 Å². The van der Waals surface area contributed by atoms with Crippen molar-refractivity contribution in [1.29, 1.82) is 0 Å². The Balaban J connectivity index is 1.75. The van der Waals surface area contributed by atoms with Crippen molar-refractivity contribution in [1.82, 2.24) is 15.1 Å². The Hall–Kier alpha value is -2.53. The lowest BCUT2D eigenvalue weighted by Gasteiger charge is -2.08. The summed E-state index contributed by atoms with van der Waals surface area (Å²) in [7, 11) is 0. The highest BCUT2D eigenvalue weighted by molar-refractivity contribution is 5.52. The van der Waals surface area contributed by atoms with E-state index in [-0.39, 0.29) is 6.04 Å². The van der Waals surface area contributed by atoms with E-state index in [1.807, 2.05) is 42.5 Å². The Morgan fingerprint density at radius 2 is 1.80 bits per heavy atom. The standard InChI is InChI=1S/C15H14N4O/c16-13(11-4-2-1-3-5-11)10-14-18-15(19-20-14)12-6-8-17-9-7-12/h1-9,13H,10,16H2/t13-/m1/s1. The molecule has 1 atom stereocenters. The number of nitrogens with zero attached hydrogens (tertiary/aromatic N) is 3. The summed E-state index contributed by atoms with van der Waals surface area (Å²) in [5.41, 5.74) is 8.07. The minimum atomic E-state index is -0.151. The van der Waals surface area contributed by atoms with Gasteiger partial charge in [0.25, 0.3) is 0 Å². The van der Waals surface area contributed by atoms with Crippen molar-refractivity contribution in [3.63, 3.8) is 0 Å². The third-order valence-corrected chi connectivity index (χ3v) is 3.03. The number of nitrogens with two attached hydrogens (primary N) is 1. The number of hydrogen-bond acceptors (Lipinski definition) is 5. The molecule has 1 aromatic carbocycles. The molecule has 3 rings (SSSR count). The molecule has 0 amide bonds. The summed E-state index contributed by atoms with van der Waals surface area (Å²) in [5.74, 6) is 1.09. The molecule has 0 bridgehead atoms. The first-order valence-electron chi connectivity index (χ1n) is 6.36. The van der Waals surface area contributed by atoms with Gasteiger partial charge in [0.15, 0.2) is 0 Å². The highest BCUT2D eigenvalue weighted by Crippen LogP contribution is 2.18. The average Bonchev–Trinajstić information content (AvgIpc) is 2.97. The minimum absolute atomic E-state index is 0.151. The van der Waals surface area contributed by atoms with Crippen LogP contribution in [0.4, 0.5) is 0 Å². The molecule has 2 heterocycles. The Labute approximate surface area is 116 Å². The molecular formula is C15H14N4O. The second kappa shape index (κ2) is 5.63. The van der Waals surface area contributed by atoms with E-state index in [0.717, 1.165) is 11.1 Å². The maximum Gasteiger partial charge on any atom is 0.228 e. The molecule has 0 aliphatic rings. The third-order valence-electron chi connectivity index (χ3n) is 3.03. The smallest absolute Gasteiger partial charge is 0.228 e. The van der Waals surface area contributed by atoms with Crippen LogP contribution in [0.3, 0.4) is 0 Å². The monoisotopic (exact) mass is 266 g/mol. The van der Waals surface area contributed by atoms with Gasteiger partial charge in [-0.3, -0.25) is 4.98 Å². The van der Waals surface area contributed by atoms with Gasteiger partial charge in [-0.25, -0.2) is 0 Å². The van der Waals surface area contributed by atoms with Gasteiger partial charge in [0.05, 0.1) is 0 Å². The summed E-state index contributed by atoms with van der Waals surface area (Å²) in [4.78, 5) is 8.32. The molecule has 100 valence electrons. The summed E-state index contributed by atoms with van der Waals surface area (Å²) in [6.45, 7) is 0. The Morgan fingerprint density at radius 1 is 1.05 bits per heavy atom. The van der Waals surface area contributed by atoms with Gasteiger partial charge in [0.2, 0.25) is 11.7 Å². The predicted octanol–water partition coefficient (Wildman–Crippen LogP) is 2.37. The fraction of sp³-hybridized carbons (Fsp3) is 0.133. The number of rotatable bonds is 4. The van der Waals surface area contributed by atoms with Crippen molar-refractivity contribution in [3.8, 4) is 11.4 Å². The van der Waals surface area contributed by atoms with Gasteiger partial charge in [0.1, 0.15) is 0 Å². The maximum atomic E-state index is 6.14. The second-order valence-electron chi connectivity index (χ2n) is 4.47. The zero-order valence-electron chi connectivity index (χ0n) is 10.8. The molecular weight excluding hydrogens is 252 g/mol. The fourth-order valence-electron chi connectivity index (χ4n) is 1.96. The van der Waals surface area contributed by atoms with Gasteiger partial charge in [-0.15, -0.1) is 0 Å². The lowest BCUT2D eigenvalue weighted by molar-refractivity contribution is 0.370. The van der Waals surface area contributed by atoms with Gasteiger partial charge in [-0.05, 0) is 17.7 Å². The maximum absolute atomic E-state index is 6.14. The van der Waals surface area contributed by atoms with E-state index in [1.165, 1.54) is 0 Å². The van der Waals surface area contributed by atoms with E-state index in [0.29, 0.717) is 18.1 Å². The molecule has 0 fully saturated rings. The molecule has 5 heteroatoms. The lowest BCUT2D eigenvalue weighted by Crippen LogP contribution is -2.13. The van der Waals surface area contributed by atoms with Crippen LogP contribution in [-0.2, 0) is 6.42 Å². The quantitative estimate of drug-likeness (QED) is 0.784. The van der Waals surface area contributed by atoms with E-state index in [4.69, 9.17) is 10.3 Å². The van der Waals surface area contributed by atoms with Gasteiger partial charge in [-0.1, -0.05) is 35.5 Å².